The molecule has 0 aromatic carbocycles. The largest absolute Gasteiger partial charge is 0.543 e. The fourth-order valence-corrected chi connectivity index (χ4v) is 15.3. The first kappa shape index (κ1) is 27.4. The zero-order valence-corrected chi connectivity index (χ0v) is 25.3. The summed E-state index contributed by atoms with van der Waals surface area (Å²) in [6.07, 6.45) is 11.4. The van der Waals surface area contributed by atoms with Gasteiger partial charge in [-0.3, -0.25) is 4.79 Å². The van der Waals surface area contributed by atoms with Crippen molar-refractivity contribution in [1.29, 1.82) is 0 Å². The molecular weight excluding hydrogens is 480 g/mol. The molecule has 0 aromatic rings. The van der Waals surface area contributed by atoms with Crippen LogP contribution in [-0.4, -0.2) is 48.2 Å². The lowest BCUT2D eigenvalue weighted by Gasteiger charge is -2.54. The topological polar surface area (TPSA) is 79.3 Å². The molecule has 3 fully saturated rings. The van der Waals surface area contributed by atoms with E-state index in [1.807, 2.05) is 6.92 Å². The Bertz CT molecular complexity index is 1050. The van der Waals surface area contributed by atoms with Crippen LogP contribution in [0.1, 0.15) is 81.6 Å². The second kappa shape index (κ2) is 8.39. The Labute approximate surface area is 224 Å². The van der Waals surface area contributed by atoms with Crippen LogP contribution in [-0.2, 0) is 14.0 Å². The number of aliphatic hydroxyl groups is 2. The SMILES string of the molecule is CC1C[C@H]2[C@@H]3CC=C4C=C(O[Si](C(C)C)(C(C)C)C(C)C)C=C[C@]4(C)[C@]34OC4C[C@]2(C)[C@@]1(O)C(=O)CO. The van der Waals surface area contributed by atoms with Gasteiger partial charge in [0.05, 0.1) is 6.10 Å². The number of epoxide rings is 1. The maximum absolute atomic E-state index is 12.9. The van der Waals surface area contributed by atoms with Gasteiger partial charge < -0.3 is 19.4 Å². The van der Waals surface area contributed by atoms with Crippen molar-refractivity contribution in [3.63, 3.8) is 0 Å². The smallest absolute Gasteiger partial charge is 0.258 e. The van der Waals surface area contributed by atoms with Crippen molar-refractivity contribution in [3.05, 3.63) is 35.6 Å². The van der Waals surface area contributed by atoms with E-state index in [9.17, 15) is 15.0 Å². The molecule has 0 radical (unpaired) electrons. The van der Waals surface area contributed by atoms with Crippen LogP contribution in [0.2, 0.25) is 16.6 Å². The summed E-state index contributed by atoms with van der Waals surface area (Å²) in [5.74, 6) is 0.750. The third kappa shape index (κ3) is 3.16. The molecule has 5 rings (SSSR count). The van der Waals surface area contributed by atoms with Crippen molar-refractivity contribution in [2.75, 3.05) is 6.61 Å². The van der Waals surface area contributed by atoms with Gasteiger partial charge in [-0.25, -0.2) is 0 Å². The molecule has 1 aliphatic heterocycles. The second-order valence-corrected chi connectivity index (χ2v) is 19.5. The number of carbonyl (C=O) groups is 1. The van der Waals surface area contributed by atoms with Gasteiger partial charge in [-0.15, -0.1) is 0 Å². The van der Waals surface area contributed by atoms with E-state index in [1.54, 1.807) is 0 Å². The first-order valence-corrected chi connectivity index (χ1v) is 16.7. The summed E-state index contributed by atoms with van der Waals surface area (Å²) in [5.41, 5.74) is 0.132. The molecule has 2 unspecified atom stereocenters. The van der Waals surface area contributed by atoms with Crippen LogP contribution >= 0.6 is 0 Å². The predicted molar refractivity (Wildman–Crippen MR) is 148 cm³/mol. The summed E-state index contributed by atoms with van der Waals surface area (Å²) in [5, 5.41) is 21.5. The molecule has 1 spiro atoms. The lowest BCUT2D eigenvalue weighted by molar-refractivity contribution is -0.165. The lowest BCUT2D eigenvalue weighted by Crippen LogP contribution is -2.62. The molecular formula is C31H48O5Si. The van der Waals surface area contributed by atoms with Crippen molar-refractivity contribution < 1.29 is 24.2 Å². The second-order valence-electron chi connectivity index (χ2n) is 14.1. The van der Waals surface area contributed by atoms with Crippen molar-refractivity contribution >= 4 is 14.1 Å². The van der Waals surface area contributed by atoms with Crippen molar-refractivity contribution in [3.8, 4) is 0 Å². The minimum absolute atomic E-state index is 0.00764. The Morgan fingerprint density at radius 3 is 2.32 bits per heavy atom. The molecule has 0 amide bonds. The standard InChI is InChI=1S/C31H48O5Si/c1-18(2)37(19(3)4,20(5)6)36-23-12-13-28(8)22(15-23)10-11-24-25-14-21(7)30(34,26(33)17-32)29(25,9)16-27-31(24,28)35-27/h10,12-13,15,18-21,24-25,27,32,34H,11,14,16-17H2,1-9H3/t21?,24-,25-,27?,28-,29-,30-,31-/m0/s1. The predicted octanol–water partition coefficient (Wildman–Crippen LogP) is 6.08. The van der Waals surface area contributed by atoms with Crippen LogP contribution in [0.25, 0.3) is 0 Å². The highest BCUT2D eigenvalue weighted by atomic mass is 28.4. The summed E-state index contributed by atoms with van der Waals surface area (Å²) in [6.45, 7) is 19.6. The number of Topliss-reactive ketones (excluding diaryl/α,β-unsaturated/α-hetero) is 1. The van der Waals surface area contributed by atoms with Gasteiger partial charge in [0.2, 0.25) is 0 Å². The van der Waals surface area contributed by atoms with E-state index in [-0.39, 0.29) is 34.9 Å². The Morgan fingerprint density at radius 1 is 1.14 bits per heavy atom. The third-order valence-corrected chi connectivity index (χ3v) is 17.9. The molecule has 2 saturated carbocycles. The van der Waals surface area contributed by atoms with Gasteiger partial charge in [-0.1, -0.05) is 67.5 Å². The zero-order valence-electron chi connectivity index (χ0n) is 24.3. The highest BCUT2D eigenvalue weighted by molar-refractivity contribution is 6.77. The van der Waals surface area contributed by atoms with Crippen LogP contribution in [0.5, 0.6) is 0 Å². The molecule has 5 aliphatic rings. The van der Waals surface area contributed by atoms with Gasteiger partial charge in [-0.2, -0.15) is 0 Å². The summed E-state index contributed by atoms with van der Waals surface area (Å²) in [6, 6.07) is 0. The maximum atomic E-state index is 12.9. The lowest BCUT2D eigenvalue weighted by atomic mass is 9.48. The van der Waals surface area contributed by atoms with E-state index in [4.69, 9.17) is 9.16 Å². The average molecular weight is 529 g/mol. The number of ketones is 1. The monoisotopic (exact) mass is 528 g/mol. The van der Waals surface area contributed by atoms with Gasteiger partial charge in [0.25, 0.3) is 8.32 Å². The molecule has 1 saturated heterocycles. The van der Waals surface area contributed by atoms with E-state index in [2.05, 4.69) is 79.7 Å². The van der Waals surface area contributed by atoms with E-state index in [0.717, 1.165) is 18.6 Å². The number of ether oxygens (including phenoxy) is 1. The first-order chi connectivity index (χ1) is 17.2. The molecule has 206 valence electrons. The first-order valence-electron chi connectivity index (χ1n) is 14.5. The van der Waals surface area contributed by atoms with Crippen LogP contribution in [0.4, 0.5) is 0 Å². The van der Waals surface area contributed by atoms with Crippen LogP contribution in [0.3, 0.4) is 0 Å². The van der Waals surface area contributed by atoms with Crippen molar-refractivity contribution in [2.24, 2.45) is 28.6 Å². The Kier molecular flexibility index (Phi) is 6.21. The zero-order chi connectivity index (χ0) is 27.3. The van der Waals surface area contributed by atoms with Gasteiger partial charge in [0.1, 0.15) is 23.6 Å². The Morgan fingerprint density at radius 2 is 1.76 bits per heavy atom. The van der Waals surface area contributed by atoms with Crippen LogP contribution in [0, 0.1) is 28.6 Å². The minimum atomic E-state index is -2.06. The van der Waals surface area contributed by atoms with Crippen LogP contribution < -0.4 is 0 Å². The maximum Gasteiger partial charge on any atom is 0.258 e. The number of fused-ring (bicyclic) bond motifs is 3. The average Bonchev–Trinajstić information content (AvgIpc) is 3.51. The van der Waals surface area contributed by atoms with E-state index >= 15 is 0 Å². The molecule has 6 heteroatoms. The van der Waals surface area contributed by atoms with Gasteiger partial charge in [0.15, 0.2) is 5.78 Å². The number of rotatable bonds is 7. The summed E-state index contributed by atoms with van der Waals surface area (Å²) in [4.78, 5) is 12.9. The molecule has 4 aliphatic carbocycles. The quantitative estimate of drug-likeness (QED) is 0.309. The Hall–Kier alpha value is -1.21. The van der Waals surface area contributed by atoms with Crippen molar-refractivity contribution in [1.82, 2.24) is 0 Å². The summed E-state index contributed by atoms with van der Waals surface area (Å²) < 4.78 is 13.7. The summed E-state index contributed by atoms with van der Waals surface area (Å²) >= 11 is 0. The fourth-order valence-electron chi connectivity index (χ4n) is 10.1. The molecule has 2 N–H and O–H groups in total. The highest BCUT2D eigenvalue weighted by Gasteiger charge is 2.81. The number of hydrogen-bond donors (Lipinski definition) is 2. The molecule has 8 atom stereocenters. The van der Waals surface area contributed by atoms with Gasteiger partial charge in [-0.05, 0) is 78.3 Å². The molecule has 0 bridgehead atoms. The fraction of sp³-hybridized carbons (Fsp3) is 0.774. The van der Waals surface area contributed by atoms with Gasteiger partial charge in [0, 0.05) is 10.8 Å². The number of carbonyl (C=O) groups excluding carboxylic acids is 1. The summed E-state index contributed by atoms with van der Waals surface area (Å²) in [7, 11) is -2.06. The molecule has 0 aromatic heterocycles. The number of hydrogen-bond acceptors (Lipinski definition) is 5. The highest BCUT2D eigenvalue weighted by Crippen LogP contribution is 2.76. The molecule has 1 heterocycles. The third-order valence-electron chi connectivity index (χ3n) is 11.9. The van der Waals surface area contributed by atoms with Gasteiger partial charge >= 0.3 is 0 Å². The molecule has 37 heavy (non-hydrogen) atoms. The van der Waals surface area contributed by atoms with E-state index < -0.39 is 31.7 Å². The van der Waals surface area contributed by atoms with Crippen molar-refractivity contribution in [2.45, 2.75) is 116 Å². The molecule has 5 nitrogen and oxygen atoms in total. The number of aliphatic hydroxyl groups excluding tert-OH is 1. The normalized spacial score (nSPS) is 44.2. The van der Waals surface area contributed by atoms with E-state index in [1.165, 1.54) is 5.57 Å². The Balaban J connectivity index is 1.50. The number of allylic oxidation sites excluding steroid dienone is 3. The van der Waals surface area contributed by atoms with E-state index in [0.29, 0.717) is 23.0 Å². The minimum Gasteiger partial charge on any atom is -0.543 e. The van der Waals surface area contributed by atoms with Crippen LogP contribution in [0.15, 0.2) is 35.6 Å².